The number of anilines is 3. The van der Waals surface area contributed by atoms with Crippen molar-refractivity contribution in [1.82, 2.24) is 19.9 Å². The number of piperazine rings is 1. The Balaban J connectivity index is 1.51. The van der Waals surface area contributed by atoms with E-state index in [0.717, 1.165) is 6.20 Å². The quantitative estimate of drug-likeness (QED) is 0.449. The number of amides is 1. The van der Waals surface area contributed by atoms with E-state index in [9.17, 15) is 18.4 Å². The summed E-state index contributed by atoms with van der Waals surface area (Å²) in [4.78, 5) is 42.3. The fraction of sp³-hybridized carbons (Fsp3) is 0.448. The molecule has 2 N–H and O–H groups in total. The van der Waals surface area contributed by atoms with E-state index >= 15 is 4.39 Å². The Kier molecular flexibility index (Phi) is 8.50. The van der Waals surface area contributed by atoms with E-state index in [4.69, 9.17) is 4.74 Å². The first-order valence-corrected chi connectivity index (χ1v) is 13.8. The van der Waals surface area contributed by atoms with Crippen LogP contribution in [0.1, 0.15) is 43.1 Å². The van der Waals surface area contributed by atoms with E-state index < -0.39 is 29.3 Å². The molecule has 42 heavy (non-hydrogen) atoms. The minimum atomic E-state index is -3.04. The number of aromatic nitrogens is 3. The number of pyridine rings is 1. The largest absolute Gasteiger partial charge is 0.372 e. The van der Waals surface area contributed by atoms with Gasteiger partial charge in [0.1, 0.15) is 5.82 Å². The summed E-state index contributed by atoms with van der Waals surface area (Å²) in [6.45, 7) is 9.07. The molecule has 0 spiro atoms. The van der Waals surface area contributed by atoms with Crippen LogP contribution in [0.5, 0.6) is 0 Å². The van der Waals surface area contributed by atoms with Crippen LogP contribution in [0.25, 0.3) is 11.1 Å². The molecule has 1 amide bonds. The molecule has 2 aliphatic heterocycles. The molecule has 13 heteroatoms. The molecule has 0 bridgehead atoms. The van der Waals surface area contributed by atoms with Crippen molar-refractivity contribution in [2.24, 2.45) is 0 Å². The van der Waals surface area contributed by atoms with Gasteiger partial charge in [0.15, 0.2) is 0 Å². The molecule has 10 nitrogen and oxygen atoms in total. The minimum Gasteiger partial charge on any atom is -0.372 e. The topological polar surface area (TPSA) is 107 Å². The van der Waals surface area contributed by atoms with E-state index in [1.807, 2.05) is 37.6 Å². The van der Waals surface area contributed by atoms with Crippen LogP contribution in [0.2, 0.25) is 0 Å². The number of hydrogen-bond donors (Lipinski definition) is 2. The number of H-pyrrole nitrogens is 1. The van der Waals surface area contributed by atoms with Gasteiger partial charge in [0, 0.05) is 80.1 Å². The summed E-state index contributed by atoms with van der Waals surface area (Å²) in [7, 11) is 2.00. The van der Waals surface area contributed by atoms with Gasteiger partial charge in [-0.15, -0.1) is 0 Å². The summed E-state index contributed by atoms with van der Waals surface area (Å²) in [6, 6.07) is 3.66. The first kappa shape index (κ1) is 29.5. The number of likely N-dealkylation sites (N-methyl/N-ethyl adjacent to an activating group) is 1. The lowest BCUT2D eigenvalue weighted by atomic mass is 10.0. The smallest absolute Gasteiger partial charge is 0.264 e. The maximum absolute atomic E-state index is 15.7. The predicted octanol–water partition coefficient (Wildman–Crippen LogP) is 3.91. The minimum absolute atomic E-state index is 0.0125. The van der Waals surface area contributed by atoms with Crippen LogP contribution >= 0.6 is 0 Å². The standard InChI is InChI=1S/C29H34F3N7O3/c1-16-13-38(6-5-37(16)4)25-9-23(30)20(19-10-34-29(35-11-19)39-14-17(2)42-18(3)15-39)7-24(25)36-28(41)22-12-33-26(40)8-21(22)27(31)32/h7-12,16-18,27H,5-6,13-15H2,1-4H3,(H,33,40)(H,36,41). The molecule has 3 unspecified atom stereocenters. The van der Waals surface area contributed by atoms with Crippen molar-refractivity contribution < 1.29 is 22.7 Å². The number of aromatic amines is 1. The average Bonchev–Trinajstić information content (AvgIpc) is 2.94. The molecule has 3 aromatic rings. The van der Waals surface area contributed by atoms with Gasteiger partial charge < -0.3 is 29.7 Å². The van der Waals surface area contributed by atoms with Gasteiger partial charge in [-0.25, -0.2) is 23.1 Å². The molecule has 0 aliphatic carbocycles. The number of halogens is 3. The van der Waals surface area contributed by atoms with Crippen LogP contribution in [0.15, 0.2) is 41.6 Å². The van der Waals surface area contributed by atoms with Crippen LogP contribution in [0.4, 0.5) is 30.5 Å². The number of benzene rings is 1. The van der Waals surface area contributed by atoms with Crippen molar-refractivity contribution in [3.05, 3.63) is 64.1 Å². The summed E-state index contributed by atoms with van der Waals surface area (Å²) in [5.41, 5.74) is -0.638. The Labute approximate surface area is 241 Å². The van der Waals surface area contributed by atoms with Crippen molar-refractivity contribution in [2.45, 2.75) is 45.4 Å². The Morgan fingerprint density at radius 1 is 1.05 bits per heavy atom. The third-order valence-corrected chi connectivity index (χ3v) is 7.72. The lowest BCUT2D eigenvalue weighted by molar-refractivity contribution is -0.00572. The number of nitrogens with one attached hydrogen (secondary N) is 2. The molecule has 0 radical (unpaired) electrons. The highest BCUT2D eigenvalue weighted by atomic mass is 19.3. The van der Waals surface area contributed by atoms with Crippen LogP contribution < -0.4 is 20.7 Å². The molecule has 2 aromatic heterocycles. The summed E-state index contributed by atoms with van der Waals surface area (Å²) in [5.74, 6) is -0.906. The van der Waals surface area contributed by atoms with Crippen LogP contribution in [-0.4, -0.2) is 83.8 Å². The fourth-order valence-electron chi connectivity index (χ4n) is 5.43. The van der Waals surface area contributed by atoms with Crippen molar-refractivity contribution >= 4 is 23.2 Å². The third kappa shape index (κ3) is 6.26. The lowest BCUT2D eigenvalue weighted by Crippen LogP contribution is -2.50. The van der Waals surface area contributed by atoms with Crippen molar-refractivity contribution in [3.8, 4) is 11.1 Å². The second-order valence-electron chi connectivity index (χ2n) is 11.0. The Hall–Kier alpha value is -3.97. The predicted molar refractivity (Wildman–Crippen MR) is 154 cm³/mol. The molecule has 2 saturated heterocycles. The first-order chi connectivity index (χ1) is 20.0. The highest BCUT2D eigenvalue weighted by Crippen LogP contribution is 2.36. The summed E-state index contributed by atoms with van der Waals surface area (Å²) < 4.78 is 48.9. The van der Waals surface area contributed by atoms with Crippen molar-refractivity contribution in [2.75, 3.05) is 54.9 Å². The number of alkyl halides is 2. The second-order valence-corrected chi connectivity index (χ2v) is 11.0. The van der Waals surface area contributed by atoms with Crippen molar-refractivity contribution in [3.63, 3.8) is 0 Å². The number of nitrogens with zero attached hydrogens (tertiary/aromatic N) is 5. The zero-order valence-electron chi connectivity index (χ0n) is 23.9. The van der Waals surface area contributed by atoms with Crippen LogP contribution in [-0.2, 0) is 4.74 Å². The number of morpholine rings is 1. The first-order valence-electron chi connectivity index (χ1n) is 13.8. The monoisotopic (exact) mass is 585 g/mol. The molecular formula is C29H34F3N7O3. The summed E-state index contributed by atoms with van der Waals surface area (Å²) in [6.07, 6.45) is 0.984. The van der Waals surface area contributed by atoms with Gasteiger partial charge in [0.25, 0.3) is 12.3 Å². The second kappa shape index (κ2) is 12.1. The number of rotatable bonds is 6. The van der Waals surface area contributed by atoms with Crippen molar-refractivity contribution in [1.29, 1.82) is 0 Å². The third-order valence-electron chi connectivity index (χ3n) is 7.72. The number of hydrogen-bond acceptors (Lipinski definition) is 8. The molecular weight excluding hydrogens is 551 g/mol. The van der Waals surface area contributed by atoms with Gasteiger partial charge in [0.05, 0.1) is 29.1 Å². The zero-order valence-corrected chi connectivity index (χ0v) is 23.9. The Bertz CT molecular complexity index is 1490. The molecule has 4 heterocycles. The number of carbonyl (C=O) groups excluding carboxylic acids is 1. The normalized spacial score (nSPS) is 21.6. The van der Waals surface area contributed by atoms with Crippen LogP contribution in [0.3, 0.4) is 0 Å². The molecule has 2 fully saturated rings. The van der Waals surface area contributed by atoms with Crippen LogP contribution in [0, 0.1) is 5.82 Å². The molecule has 3 atom stereocenters. The average molecular weight is 586 g/mol. The Morgan fingerprint density at radius 2 is 1.74 bits per heavy atom. The van der Waals surface area contributed by atoms with E-state index in [-0.39, 0.29) is 35.1 Å². The number of ether oxygens (including phenoxy) is 1. The molecule has 5 rings (SSSR count). The van der Waals surface area contributed by atoms with Gasteiger partial charge in [0.2, 0.25) is 11.5 Å². The summed E-state index contributed by atoms with van der Waals surface area (Å²) in [5, 5.41) is 2.70. The Morgan fingerprint density at radius 3 is 2.38 bits per heavy atom. The summed E-state index contributed by atoms with van der Waals surface area (Å²) >= 11 is 0. The van der Waals surface area contributed by atoms with Gasteiger partial charge >= 0.3 is 0 Å². The molecule has 0 saturated carbocycles. The van der Waals surface area contributed by atoms with E-state index in [1.165, 1.54) is 24.5 Å². The van der Waals surface area contributed by atoms with E-state index in [0.29, 0.717) is 56.0 Å². The maximum Gasteiger partial charge on any atom is 0.264 e. The van der Waals surface area contributed by atoms with E-state index in [2.05, 4.69) is 25.2 Å². The SMILES string of the molecule is CC1CN(c2ncc(-c3cc(NC(=O)c4c[nH]c(=O)cc4C(F)F)c(N4CCN(C)C(C)C4)cc3F)cn2)CC(C)O1. The van der Waals surface area contributed by atoms with Gasteiger partial charge in [-0.2, -0.15) is 0 Å². The lowest BCUT2D eigenvalue weighted by Gasteiger charge is -2.39. The van der Waals surface area contributed by atoms with Gasteiger partial charge in [-0.1, -0.05) is 0 Å². The molecule has 1 aromatic carbocycles. The molecule has 224 valence electrons. The molecule has 2 aliphatic rings. The highest BCUT2D eigenvalue weighted by molar-refractivity contribution is 6.07. The van der Waals surface area contributed by atoms with Gasteiger partial charge in [-0.05, 0) is 40.0 Å². The number of carbonyl (C=O) groups is 1. The fourth-order valence-corrected chi connectivity index (χ4v) is 5.43. The maximum atomic E-state index is 15.7. The van der Waals surface area contributed by atoms with Gasteiger partial charge in [-0.3, -0.25) is 9.59 Å². The highest BCUT2D eigenvalue weighted by Gasteiger charge is 2.27. The zero-order chi connectivity index (χ0) is 30.1. The van der Waals surface area contributed by atoms with E-state index in [1.54, 1.807) is 0 Å².